The maximum atomic E-state index is 7.73. The van der Waals surface area contributed by atoms with E-state index in [1.54, 1.807) is 23.5 Å². The molecule has 0 aliphatic heterocycles. The van der Waals surface area contributed by atoms with Crippen LogP contribution in [0.3, 0.4) is 0 Å². The van der Waals surface area contributed by atoms with Crippen LogP contribution in [-0.4, -0.2) is 15.0 Å². The van der Waals surface area contributed by atoms with E-state index in [0.717, 1.165) is 43.7 Å². The van der Waals surface area contributed by atoms with Crippen molar-refractivity contribution < 1.29 is 8.53 Å². The first kappa shape index (κ1) is 19.1. The van der Waals surface area contributed by atoms with Crippen molar-refractivity contribution in [1.29, 1.82) is 0 Å². The summed E-state index contributed by atoms with van der Waals surface area (Å²) in [5, 5.41) is 4.98. The van der Waals surface area contributed by atoms with Gasteiger partial charge >= 0.3 is 0 Å². The molecule has 0 N–H and O–H groups in total. The Morgan fingerprint density at radius 2 is 1.70 bits per heavy atom. The number of aryl methyl sites for hydroxylation is 1. The first-order chi connectivity index (χ1) is 19.1. The summed E-state index contributed by atoms with van der Waals surface area (Å²) in [6.45, 7) is 4.25. The van der Waals surface area contributed by atoms with Gasteiger partial charge in [-0.25, -0.2) is 9.97 Å². The van der Waals surface area contributed by atoms with E-state index in [1.807, 2.05) is 24.4 Å². The highest BCUT2D eigenvalue weighted by Crippen LogP contribution is 2.42. The number of pyridine rings is 2. The molecule has 0 saturated heterocycles. The molecular formula is C32H25N3OS. The van der Waals surface area contributed by atoms with Crippen molar-refractivity contribution >= 4 is 54.4 Å². The van der Waals surface area contributed by atoms with E-state index in [2.05, 4.69) is 68.2 Å². The standard InChI is InChI=1S/C32H25N3OS/c1-18-12-14-22-21-10-7-11-23(28(21)36-30(22)34-18)27-16-24(25(17-33-27)32(2,3)4)31-35-26-15-13-19-8-5-6-9-20(19)29(26)37-31/h5-17H,1-4H3/i1D3. The Morgan fingerprint density at radius 1 is 0.838 bits per heavy atom. The number of benzene rings is 3. The zero-order chi connectivity index (χ0) is 27.8. The van der Waals surface area contributed by atoms with Gasteiger partial charge in [0.25, 0.3) is 0 Å². The summed E-state index contributed by atoms with van der Waals surface area (Å²) in [5.74, 6) is 0. The first-order valence-corrected chi connectivity index (χ1v) is 13.0. The normalized spacial score (nSPS) is 13.9. The van der Waals surface area contributed by atoms with Crippen molar-refractivity contribution in [1.82, 2.24) is 15.0 Å². The molecule has 4 aromatic heterocycles. The summed E-state index contributed by atoms with van der Waals surface area (Å²) in [6, 6.07) is 23.9. The predicted molar refractivity (Wildman–Crippen MR) is 154 cm³/mol. The number of nitrogens with zero attached hydrogens (tertiary/aromatic N) is 3. The molecule has 5 heteroatoms. The van der Waals surface area contributed by atoms with Crippen LogP contribution in [0.15, 0.2) is 83.4 Å². The molecular weight excluding hydrogens is 474 g/mol. The van der Waals surface area contributed by atoms with Gasteiger partial charge in [0.15, 0.2) is 0 Å². The van der Waals surface area contributed by atoms with Crippen LogP contribution in [0.25, 0.3) is 64.9 Å². The van der Waals surface area contributed by atoms with Crippen molar-refractivity contribution in [3.05, 3.63) is 90.3 Å². The molecule has 0 saturated carbocycles. The summed E-state index contributed by atoms with van der Waals surface area (Å²) in [5.41, 5.74) is 5.50. The van der Waals surface area contributed by atoms with Gasteiger partial charge in [-0.3, -0.25) is 4.98 Å². The van der Waals surface area contributed by atoms with Gasteiger partial charge in [0, 0.05) is 43.3 Å². The maximum absolute atomic E-state index is 7.73. The number of hydrogen-bond donors (Lipinski definition) is 0. The van der Waals surface area contributed by atoms with Gasteiger partial charge in [-0.2, -0.15) is 0 Å². The second-order valence-electron chi connectivity index (χ2n) is 10.4. The molecule has 0 fully saturated rings. The Kier molecular flexibility index (Phi) is 4.10. The third kappa shape index (κ3) is 3.53. The lowest BCUT2D eigenvalue weighted by Crippen LogP contribution is -2.13. The number of aromatic nitrogens is 3. The van der Waals surface area contributed by atoms with Crippen LogP contribution in [0.4, 0.5) is 0 Å². The number of rotatable bonds is 2. The van der Waals surface area contributed by atoms with Gasteiger partial charge in [0.05, 0.1) is 15.9 Å². The van der Waals surface area contributed by atoms with Crippen LogP contribution >= 0.6 is 11.3 Å². The van der Waals surface area contributed by atoms with Crippen LogP contribution in [0, 0.1) is 6.85 Å². The monoisotopic (exact) mass is 502 g/mol. The molecule has 4 heterocycles. The fourth-order valence-corrected chi connectivity index (χ4v) is 6.16. The average Bonchev–Trinajstić information content (AvgIpc) is 3.53. The van der Waals surface area contributed by atoms with Gasteiger partial charge in [0.2, 0.25) is 5.71 Å². The van der Waals surface area contributed by atoms with E-state index in [4.69, 9.17) is 18.5 Å². The smallest absolute Gasteiger partial charge is 0.227 e. The summed E-state index contributed by atoms with van der Waals surface area (Å²) in [6.07, 6.45) is 1.95. The lowest BCUT2D eigenvalue weighted by atomic mass is 9.84. The molecule has 0 aliphatic rings. The Labute approximate surface area is 222 Å². The van der Waals surface area contributed by atoms with E-state index in [9.17, 15) is 0 Å². The minimum Gasteiger partial charge on any atom is -0.437 e. The van der Waals surface area contributed by atoms with Crippen molar-refractivity contribution in [2.75, 3.05) is 0 Å². The second kappa shape index (κ2) is 7.95. The van der Waals surface area contributed by atoms with Crippen LogP contribution in [0.5, 0.6) is 0 Å². The second-order valence-corrected chi connectivity index (χ2v) is 11.4. The summed E-state index contributed by atoms with van der Waals surface area (Å²) in [7, 11) is 0. The summed E-state index contributed by atoms with van der Waals surface area (Å²) >= 11 is 1.70. The van der Waals surface area contributed by atoms with Crippen molar-refractivity contribution in [2.45, 2.75) is 33.0 Å². The van der Waals surface area contributed by atoms with Crippen LogP contribution in [0.1, 0.15) is 36.1 Å². The molecule has 180 valence electrons. The zero-order valence-electron chi connectivity index (χ0n) is 23.7. The van der Waals surface area contributed by atoms with E-state index in [1.165, 1.54) is 15.5 Å². The third-order valence-corrected chi connectivity index (χ3v) is 8.00. The molecule has 4 nitrogen and oxygen atoms in total. The minimum absolute atomic E-state index is 0.0129. The molecule has 0 aliphatic carbocycles. The predicted octanol–water partition coefficient (Wildman–Crippen LogP) is 9.08. The molecule has 7 rings (SSSR count). The Bertz CT molecular complexity index is 2100. The Morgan fingerprint density at radius 3 is 2.57 bits per heavy atom. The molecule has 7 aromatic rings. The van der Waals surface area contributed by atoms with Crippen LogP contribution in [0.2, 0.25) is 0 Å². The maximum Gasteiger partial charge on any atom is 0.227 e. The topological polar surface area (TPSA) is 51.8 Å². The highest BCUT2D eigenvalue weighted by atomic mass is 32.1. The van der Waals surface area contributed by atoms with E-state index in [0.29, 0.717) is 11.3 Å². The number of para-hydroxylation sites is 1. The quantitative estimate of drug-likeness (QED) is 0.237. The minimum atomic E-state index is -2.31. The number of hydrogen-bond acceptors (Lipinski definition) is 5. The Balaban J connectivity index is 1.45. The molecule has 0 atom stereocenters. The highest BCUT2D eigenvalue weighted by molar-refractivity contribution is 7.22. The number of fused-ring (bicyclic) bond motifs is 6. The molecule has 0 radical (unpaired) electrons. The van der Waals surface area contributed by atoms with Gasteiger partial charge in [-0.1, -0.05) is 63.2 Å². The highest BCUT2D eigenvalue weighted by Gasteiger charge is 2.24. The fourth-order valence-electron chi connectivity index (χ4n) is 5.03. The fraction of sp³-hybridized carbons (Fsp3) is 0.156. The Hall–Kier alpha value is -4.09. The van der Waals surface area contributed by atoms with Crippen molar-refractivity contribution in [3.63, 3.8) is 0 Å². The largest absolute Gasteiger partial charge is 0.437 e. The number of furan rings is 1. The van der Waals surface area contributed by atoms with Crippen molar-refractivity contribution in [3.8, 4) is 21.8 Å². The molecule has 37 heavy (non-hydrogen) atoms. The van der Waals surface area contributed by atoms with Crippen LogP contribution in [-0.2, 0) is 5.41 Å². The zero-order valence-corrected chi connectivity index (χ0v) is 21.5. The van der Waals surface area contributed by atoms with Crippen molar-refractivity contribution in [2.24, 2.45) is 0 Å². The lowest BCUT2D eigenvalue weighted by Gasteiger charge is -2.22. The first-order valence-electron chi connectivity index (χ1n) is 13.7. The van der Waals surface area contributed by atoms with E-state index >= 15 is 0 Å². The molecule has 0 amide bonds. The van der Waals surface area contributed by atoms with Gasteiger partial charge in [0.1, 0.15) is 10.6 Å². The summed E-state index contributed by atoms with van der Waals surface area (Å²) < 4.78 is 30.6. The SMILES string of the molecule is [2H]C([2H])([2H])c1ccc2c(n1)oc1c(-c3cc(-c4nc5ccc6ccccc6c5s4)c(C(C)(C)C)cn3)cccc12. The molecule has 0 spiro atoms. The summed E-state index contributed by atoms with van der Waals surface area (Å²) in [4.78, 5) is 14.3. The lowest BCUT2D eigenvalue weighted by molar-refractivity contribution is 0.589. The third-order valence-electron chi connectivity index (χ3n) is 6.86. The molecule has 0 unspecified atom stereocenters. The van der Waals surface area contributed by atoms with E-state index < -0.39 is 6.85 Å². The van der Waals surface area contributed by atoms with Gasteiger partial charge < -0.3 is 4.42 Å². The van der Waals surface area contributed by atoms with Crippen LogP contribution < -0.4 is 0 Å². The molecule has 3 aromatic carbocycles. The van der Waals surface area contributed by atoms with Gasteiger partial charge in [-0.05, 0) is 53.5 Å². The van der Waals surface area contributed by atoms with Gasteiger partial charge in [-0.15, -0.1) is 11.3 Å². The molecule has 0 bridgehead atoms. The van der Waals surface area contributed by atoms with E-state index in [-0.39, 0.29) is 11.1 Å². The number of thiazole rings is 1. The average molecular weight is 503 g/mol.